The summed E-state index contributed by atoms with van der Waals surface area (Å²) in [6.45, 7) is 1.94. The summed E-state index contributed by atoms with van der Waals surface area (Å²) in [5, 5.41) is 0.575. The molecule has 1 atom stereocenters. The minimum absolute atomic E-state index is 0.125. The summed E-state index contributed by atoms with van der Waals surface area (Å²) in [6, 6.07) is 10.5. The Bertz CT molecular complexity index is 591. The molecule has 0 bridgehead atoms. The number of carbonyl (C=O) groups is 1. The molecule has 0 saturated heterocycles. The summed E-state index contributed by atoms with van der Waals surface area (Å²) in [5.74, 6) is 0.844. The van der Waals surface area contributed by atoms with E-state index >= 15 is 0 Å². The molecule has 0 radical (unpaired) electrons. The van der Waals surface area contributed by atoms with Crippen molar-refractivity contribution in [3.63, 3.8) is 0 Å². The Morgan fingerprint density at radius 1 is 1.35 bits per heavy atom. The van der Waals surface area contributed by atoms with Crippen LogP contribution in [0, 0.1) is 6.92 Å². The van der Waals surface area contributed by atoms with Gasteiger partial charge in [-0.25, -0.2) is 0 Å². The van der Waals surface area contributed by atoms with E-state index in [2.05, 4.69) is 0 Å². The van der Waals surface area contributed by atoms with E-state index in [1.165, 1.54) is 7.11 Å². The molecule has 2 rings (SSSR count). The zero-order valence-electron chi connectivity index (χ0n) is 11.3. The third-order valence-corrected chi connectivity index (χ3v) is 3.04. The topological polar surface area (TPSA) is 48.7 Å². The number of rotatable bonds is 5. The predicted octanol–water partition coefficient (Wildman–Crippen LogP) is 3.58. The van der Waals surface area contributed by atoms with E-state index in [-0.39, 0.29) is 6.61 Å². The Labute approximate surface area is 122 Å². The maximum atomic E-state index is 11.8. The third-order valence-electron chi connectivity index (χ3n) is 2.80. The molecule has 0 N–H and O–H groups in total. The van der Waals surface area contributed by atoms with Gasteiger partial charge in [0, 0.05) is 5.02 Å². The quantitative estimate of drug-likeness (QED) is 0.791. The molecular formula is C15H15ClO4. The number of methoxy groups -OCH3 is 1. The minimum atomic E-state index is -0.604. The van der Waals surface area contributed by atoms with Gasteiger partial charge in [-0.1, -0.05) is 17.7 Å². The van der Waals surface area contributed by atoms with Crippen LogP contribution < -0.4 is 4.74 Å². The van der Waals surface area contributed by atoms with E-state index in [4.69, 9.17) is 25.5 Å². The molecule has 0 amide bonds. The number of furan rings is 1. The van der Waals surface area contributed by atoms with E-state index < -0.39 is 11.9 Å². The van der Waals surface area contributed by atoms with E-state index in [9.17, 15) is 4.79 Å². The summed E-state index contributed by atoms with van der Waals surface area (Å²) in [7, 11) is 1.34. The summed E-state index contributed by atoms with van der Waals surface area (Å²) >= 11 is 5.88. The van der Waals surface area contributed by atoms with Crippen LogP contribution in [0.3, 0.4) is 0 Å². The molecule has 1 unspecified atom stereocenters. The van der Waals surface area contributed by atoms with Gasteiger partial charge in [-0.05, 0) is 37.3 Å². The molecular weight excluding hydrogens is 280 g/mol. The summed E-state index contributed by atoms with van der Waals surface area (Å²) in [4.78, 5) is 11.8. The van der Waals surface area contributed by atoms with Gasteiger partial charge in [-0.3, -0.25) is 4.79 Å². The summed E-state index contributed by atoms with van der Waals surface area (Å²) < 4.78 is 15.8. The van der Waals surface area contributed by atoms with Gasteiger partial charge in [0.1, 0.15) is 29.8 Å². The van der Waals surface area contributed by atoms with Gasteiger partial charge in [-0.15, -0.1) is 0 Å². The lowest BCUT2D eigenvalue weighted by atomic mass is 10.1. The Kier molecular flexibility index (Phi) is 4.69. The molecule has 0 fully saturated rings. The van der Waals surface area contributed by atoms with Gasteiger partial charge >= 0.3 is 5.97 Å². The Hall–Kier alpha value is -1.94. The van der Waals surface area contributed by atoms with Gasteiger partial charge in [-0.2, -0.15) is 0 Å². The lowest BCUT2D eigenvalue weighted by Gasteiger charge is -2.13. The second-order valence-corrected chi connectivity index (χ2v) is 4.73. The highest BCUT2D eigenvalue weighted by Crippen LogP contribution is 2.23. The van der Waals surface area contributed by atoms with Crippen LogP contribution in [-0.4, -0.2) is 19.7 Å². The van der Waals surface area contributed by atoms with Crippen LogP contribution in [-0.2, 0) is 9.53 Å². The summed E-state index contributed by atoms with van der Waals surface area (Å²) in [5.41, 5.74) is 0. The number of carbonyl (C=O) groups excluding carboxylic acids is 1. The standard InChI is InChI=1S/C15H15ClO4/c1-10-6-7-14(20-10)13(15(17)18-2)9-19-12-5-3-4-11(16)8-12/h3-8,13H,9H2,1-2H3. The van der Waals surface area contributed by atoms with Crippen LogP contribution >= 0.6 is 11.6 Å². The first-order valence-corrected chi connectivity index (χ1v) is 6.50. The van der Waals surface area contributed by atoms with Crippen molar-refractivity contribution in [1.82, 2.24) is 0 Å². The lowest BCUT2D eigenvalue weighted by molar-refractivity contribution is -0.143. The van der Waals surface area contributed by atoms with Crippen LogP contribution in [0.2, 0.25) is 5.02 Å². The first kappa shape index (κ1) is 14.5. The SMILES string of the molecule is COC(=O)C(COc1cccc(Cl)c1)c1ccc(C)o1. The normalized spacial score (nSPS) is 11.9. The van der Waals surface area contributed by atoms with Crippen molar-refractivity contribution < 1.29 is 18.7 Å². The number of hydrogen-bond acceptors (Lipinski definition) is 4. The zero-order chi connectivity index (χ0) is 14.5. The smallest absolute Gasteiger partial charge is 0.319 e. The van der Waals surface area contributed by atoms with Gasteiger partial charge in [0.2, 0.25) is 0 Å². The van der Waals surface area contributed by atoms with Crippen molar-refractivity contribution in [2.24, 2.45) is 0 Å². The molecule has 5 heteroatoms. The second-order valence-electron chi connectivity index (χ2n) is 4.29. The highest BCUT2D eigenvalue weighted by molar-refractivity contribution is 6.30. The first-order chi connectivity index (χ1) is 9.60. The molecule has 1 heterocycles. The molecule has 1 aromatic carbocycles. The maximum Gasteiger partial charge on any atom is 0.319 e. The molecule has 1 aromatic heterocycles. The lowest BCUT2D eigenvalue weighted by Crippen LogP contribution is -2.20. The highest BCUT2D eigenvalue weighted by Gasteiger charge is 2.25. The van der Waals surface area contributed by atoms with Crippen molar-refractivity contribution in [1.29, 1.82) is 0 Å². The molecule has 0 saturated carbocycles. The largest absolute Gasteiger partial charge is 0.492 e. The number of ether oxygens (including phenoxy) is 2. The predicted molar refractivity (Wildman–Crippen MR) is 75.1 cm³/mol. The van der Waals surface area contributed by atoms with Gasteiger partial charge in [0.15, 0.2) is 0 Å². The monoisotopic (exact) mass is 294 g/mol. The fraction of sp³-hybridized carbons (Fsp3) is 0.267. The van der Waals surface area contributed by atoms with Crippen molar-refractivity contribution in [2.75, 3.05) is 13.7 Å². The maximum absolute atomic E-state index is 11.8. The molecule has 0 aliphatic rings. The Balaban J connectivity index is 2.11. The van der Waals surface area contributed by atoms with Crippen molar-refractivity contribution in [3.8, 4) is 5.75 Å². The van der Waals surface area contributed by atoms with Gasteiger partial charge in [0.05, 0.1) is 7.11 Å². The number of esters is 1. The van der Waals surface area contributed by atoms with Crippen molar-refractivity contribution in [2.45, 2.75) is 12.8 Å². The fourth-order valence-electron chi connectivity index (χ4n) is 1.79. The van der Waals surface area contributed by atoms with E-state index in [0.717, 1.165) is 5.76 Å². The molecule has 0 spiro atoms. The van der Waals surface area contributed by atoms with Crippen LogP contribution in [0.4, 0.5) is 0 Å². The highest BCUT2D eigenvalue weighted by atomic mass is 35.5. The van der Waals surface area contributed by atoms with Crippen LogP contribution in [0.15, 0.2) is 40.8 Å². The summed E-state index contributed by atoms with van der Waals surface area (Å²) in [6.07, 6.45) is 0. The van der Waals surface area contributed by atoms with Crippen LogP contribution in [0.1, 0.15) is 17.4 Å². The second kappa shape index (κ2) is 6.48. The molecule has 4 nitrogen and oxygen atoms in total. The van der Waals surface area contributed by atoms with Gasteiger partial charge < -0.3 is 13.9 Å². The number of halogens is 1. The third kappa shape index (κ3) is 3.54. The minimum Gasteiger partial charge on any atom is -0.492 e. The number of hydrogen-bond donors (Lipinski definition) is 0. The van der Waals surface area contributed by atoms with E-state index in [1.807, 2.05) is 6.92 Å². The fourth-order valence-corrected chi connectivity index (χ4v) is 1.97. The average Bonchev–Trinajstić information content (AvgIpc) is 2.85. The van der Waals surface area contributed by atoms with Gasteiger partial charge in [0.25, 0.3) is 0 Å². The first-order valence-electron chi connectivity index (χ1n) is 6.12. The molecule has 20 heavy (non-hydrogen) atoms. The number of benzene rings is 1. The van der Waals surface area contributed by atoms with Crippen LogP contribution in [0.25, 0.3) is 0 Å². The molecule has 106 valence electrons. The van der Waals surface area contributed by atoms with E-state index in [0.29, 0.717) is 16.5 Å². The van der Waals surface area contributed by atoms with Crippen LogP contribution in [0.5, 0.6) is 5.75 Å². The zero-order valence-corrected chi connectivity index (χ0v) is 12.0. The Morgan fingerprint density at radius 2 is 2.15 bits per heavy atom. The van der Waals surface area contributed by atoms with Crippen molar-refractivity contribution in [3.05, 3.63) is 52.9 Å². The molecule has 0 aliphatic heterocycles. The average molecular weight is 295 g/mol. The molecule has 0 aliphatic carbocycles. The Morgan fingerprint density at radius 3 is 2.75 bits per heavy atom. The number of aryl methyl sites for hydroxylation is 1. The van der Waals surface area contributed by atoms with E-state index in [1.54, 1.807) is 36.4 Å². The van der Waals surface area contributed by atoms with Crippen molar-refractivity contribution >= 4 is 17.6 Å². The molecule has 2 aromatic rings.